The summed E-state index contributed by atoms with van der Waals surface area (Å²) in [4.78, 5) is 0. The van der Waals surface area contributed by atoms with Crippen molar-refractivity contribution in [3.05, 3.63) is 0 Å². The molecule has 0 unspecified atom stereocenters. The fourth-order valence-electron chi connectivity index (χ4n) is 0.127. The monoisotopic (exact) mass is 114 g/mol. The molecule has 0 aromatic heterocycles. The molecule has 0 aliphatic carbocycles. The maximum absolute atomic E-state index is 9.31. The van der Waals surface area contributed by atoms with Gasteiger partial charge in [0.2, 0.25) is 0 Å². The minimum absolute atomic E-state index is 0.0336. The van der Waals surface area contributed by atoms with Crippen LogP contribution in [0.15, 0.2) is 0 Å². The summed E-state index contributed by atoms with van der Waals surface area (Å²) < 4.78 is 26.0. The van der Waals surface area contributed by atoms with Gasteiger partial charge in [-0.2, -0.15) is 0 Å². The van der Waals surface area contributed by atoms with Crippen LogP contribution in [-0.2, 0) is 18.6 Å². The first-order valence-corrected chi connectivity index (χ1v) is 1.67. The van der Waals surface area contributed by atoms with Gasteiger partial charge in [-0.05, 0) is 0 Å². The van der Waals surface area contributed by atoms with Crippen LogP contribution >= 0.6 is 0 Å². The van der Waals surface area contributed by atoms with Crippen LogP contribution in [0.4, 0.5) is 0 Å². The molecule has 0 amide bonds. The van der Waals surface area contributed by atoms with E-state index in [2.05, 4.69) is 9.14 Å². The summed E-state index contributed by atoms with van der Waals surface area (Å²) in [5.41, 5.74) is 0. The van der Waals surface area contributed by atoms with Crippen molar-refractivity contribution >= 4 is 22.0 Å². The molecule has 0 heterocycles. The van der Waals surface area contributed by atoms with E-state index in [0.717, 1.165) is 0 Å². The molecule has 1 N–H and O–H groups in total. The van der Waals surface area contributed by atoms with Crippen LogP contribution < -0.4 is 0 Å². The van der Waals surface area contributed by atoms with E-state index in [1.165, 1.54) is 0 Å². The second-order valence-corrected chi connectivity index (χ2v) is 0.772. The molecular formula is HB3O5. The van der Waals surface area contributed by atoms with Gasteiger partial charge in [-0.25, -0.2) is 0 Å². The summed E-state index contributed by atoms with van der Waals surface area (Å²) in [5.74, 6) is 0. The quantitative estimate of drug-likeness (QED) is 0.424. The number of hydrogen-bond donors (Lipinski definition) is 1. The van der Waals surface area contributed by atoms with Gasteiger partial charge in [0.15, 0.2) is 0 Å². The van der Waals surface area contributed by atoms with Crippen molar-refractivity contribution in [2.45, 2.75) is 0 Å². The molecule has 8 heteroatoms. The summed E-state index contributed by atoms with van der Waals surface area (Å²) in [7, 11) is -1.84. The van der Waals surface area contributed by atoms with Crippen LogP contribution in [-0.4, -0.2) is 27.1 Å². The third-order valence-electron chi connectivity index (χ3n) is 0.344. The predicted octanol–water partition coefficient (Wildman–Crippen LogP) is -2.07. The Balaban J connectivity index is 3.16. The molecule has 0 aromatic rings. The summed E-state index contributed by atoms with van der Waals surface area (Å²) in [5, 5.41) is 8.14. The number of hydrogen-bond acceptors (Lipinski definition) is 5. The van der Waals surface area contributed by atoms with E-state index in [4.69, 9.17) is 5.02 Å². The average molecular weight is 113 g/mol. The first-order chi connectivity index (χ1) is 3.81. The van der Waals surface area contributed by atoms with Crippen molar-refractivity contribution in [2.75, 3.05) is 0 Å². The molecule has 5 nitrogen and oxygen atoms in total. The Kier molecular flexibility index (Phi) is 4.15. The van der Waals surface area contributed by atoms with Gasteiger partial charge in [-0.15, -0.1) is 0 Å². The molecule has 0 atom stereocenters. The van der Waals surface area contributed by atoms with Crippen LogP contribution in [0.25, 0.3) is 0 Å². The van der Waals surface area contributed by atoms with Gasteiger partial charge in [0.25, 0.3) is 0 Å². The fourth-order valence-corrected chi connectivity index (χ4v) is 0.127. The molecule has 0 aliphatic rings. The Hall–Kier alpha value is -0.645. The Morgan fingerprint density at radius 1 is 1.25 bits per heavy atom. The van der Waals surface area contributed by atoms with Gasteiger partial charge in [-0.3, -0.25) is 0 Å². The second kappa shape index (κ2) is 4.51. The Morgan fingerprint density at radius 2 is 1.62 bits per heavy atom. The van der Waals surface area contributed by atoms with E-state index in [1.54, 1.807) is 0 Å². The van der Waals surface area contributed by atoms with E-state index in [1.807, 2.05) is 0 Å². The molecule has 0 spiro atoms. The molecule has 8 heavy (non-hydrogen) atoms. The van der Waals surface area contributed by atoms with Gasteiger partial charge < -0.3 is 0 Å². The summed E-state index contributed by atoms with van der Waals surface area (Å²) >= 11 is 0. The van der Waals surface area contributed by atoms with Crippen molar-refractivity contribution in [2.24, 2.45) is 0 Å². The predicted molar refractivity (Wildman–Crippen MR) is 23.0 cm³/mol. The van der Waals surface area contributed by atoms with E-state index in [9.17, 15) is 9.41 Å². The van der Waals surface area contributed by atoms with Crippen LogP contribution in [0.3, 0.4) is 0 Å². The molecule has 0 fully saturated rings. The minimum atomic E-state index is -1.77. The van der Waals surface area contributed by atoms with Crippen molar-refractivity contribution in [3.8, 4) is 0 Å². The van der Waals surface area contributed by atoms with Crippen molar-refractivity contribution in [1.82, 2.24) is 0 Å². The van der Waals surface area contributed by atoms with Gasteiger partial charge in [0.05, 0.1) is 0 Å². The van der Waals surface area contributed by atoms with Crippen LogP contribution in [0.1, 0.15) is 0 Å². The molecule has 0 rings (SSSR count). The normalized spacial score (nSPS) is 6.12. The van der Waals surface area contributed by atoms with E-state index in [0.29, 0.717) is 0 Å². The fraction of sp³-hybridized carbons (Fsp3) is 0. The standard InChI is InChI=1S/B3HO5/c4-1-7-3(6)8-2-5/h6H. The van der Waals surface area contributed by atoms with E-state index in [-0.39, 0.29) is 14.7 Å². The summed E-state index contributed by atoms with van der Waals surface area (Å²) in [6, 6.07) is 0. The first-order valence-electron chi connectivity index (χ1n) is 1.67. The zero-order chi connectivity index (χ0) is 6.41. The number of rotatable bonds is 4. The van der Waals surface area contributed by atoms with Gasteiger partial charge in [-0.1, -0.05) is 0 Å². The van der Waals surface area contributed by atoms with Gasteiger partial charge >= 0.3 is 45.6 Å². The summed E-state index contributed by atoms with van der Waals surface area (Å²) in [6.07, 6.45) is 0. The zero-order valence-corrected chi connectivity index (χ0v) is 3.81. The summed E-state index contributed by atoms with van der Waals surface area (Å²) in [6.45, 7) is 0. The molecule has 0 bridgehead atoms. The van der Waals surface area contributed by atoms with Crippen molar-refractivity contribution in [3.63, 3.8) is 0 Å². The third-order valence-corrected chi connectivity index (χ3v) is 0.344. The Labute approximate surface area is 46.7 Å². The second-order valence-electron chi connectivity index (χ2n) is 0.772. The van der Waals surface area contributed by atoms with E-state index < -0.39 is 7.32 Å². The Morgan fingerprint density at radius 3 is 1.88 bits per heavy atom. The molecule has 0 saturated heterocycles. The van der Waals surface area contributed by atoms with Crippen LogP contribution in [0.2, 0.25) is 0 Å². The van der Waals surface area contributed by atoms with Crippen LogP contribution in [0.5, 0.6) is 0 Å². The third kappa shape index (κ3) is 3.54. The molecule has 0 saturated carbocycles. The molecular weight excluding hydrogens is 112 g/mol. The maximum atomic E-state index is 9.31. The van der Waals surface area contributed by atoms with Crippen LogP contribution in [0, 0.1) is 0 Å². The Bertz CT molecular complexity index is 69.7. The van der Waals surface area contributed by atoms with Crippen molar-refractivity contribution < 1.29 is 23.6 Å². The topological polar surface area (TPSA) is 72.8 Å². The first kappa shape index (κ1) is 7.35. The van der Waals surface area contributed by atoms with Gasteiger partial charge in [0.1, 0.15) is 0 Å². The SMILES string of the molecule is O=BOB(O)OB=O. The van der Waals surface area contributed by atoms with E-state index >= 15 is 0 Å². The van der Waals surface area contributed by atoms with Gasteiger partial charge in [0, 0.05) is 0 Å². The van der Waals surface area contributed by atoms with Crippen molar-refractivity contribution in [1.29, 1.82) is 0 Å². The molecule has 40 valence electrons. The zero-order valence-electron chi connectivity index (χ0n) is 3.81. The molecule has 0 aliphatic heterocycles. The molecule has 0 radical (unpaired) electrons. The average Bonchev–Trinajstić information content (AvgIpc) is 1.68. The molecule has 0 aromatic carbocycles.